The third-order valence-corrected chi connectivity index (χ3v) is 5.39. The van der Waals surface area contributed by atoms with E-state index in [-0.39, 0.29) is 5.57 Å². The number of nitriles is 2. The zero-order valence-electron chi connectivity index (χ0n) is 12.6. The van der Waals surface area contributed by atoms with Gasteiger partial charge in [0.15, 0.2) is 4.67 Å². The maximum atomic E-state index is 12.4. The molecule has 0 aliphatic heterocycles. The van der Waals surface area contributed by atoms with Crippen LogP contribution in [0, 0.1) is 22.7 Å². The molecule has 0 unspecified atom stereocenters. The van der Waals surface area contributed by atoms with Crippen LogP contribution in [-0.2, 0) is 17.6 Å². The summed E-state index contributed by atoms with van der Waals surface area (Å²) in [6, 6.07) is 7.39. The predicted octanol–water partition coefficient (Wildman–Crippen LogP) is 4.40. The van der Waals surface area contributed by atoms with Crippen molar-refractivity contribution in [3.8, 4) is 12.1 Å². The SMILES string of the molecule is N#C/C(=C\c1ccc(Br)o1)C(=O)Nc1sc2c(c1C#N)CCCC2. The lowest BCUT2D eigenvalue weighted by Gasteiger charge is -2.09. The second-order valence-electron chi connectivity index (χ2n) is 5.29. The average molecular weight is 402 g/mol. The van der Waals surface area contributed by atoms with Crippen molar-refractivity contribution in [2.75, 3.05) is 5.32 Å². The van der Waals surface area contributed by atoms with Crippen molar-refractivity contribution in [3.05, 3.63) is 44.1 Å². The zero-order chi connectivity index (χ0) is 17.1. The van der Waals surface area contributed by atoms with Gasteiger partial charge < -0.3 is 9.73 Å². The van der Waals surface area contributed by atoms with E-state index >= 15 is 0 Å². The molecule has 2 heterocycles. The monoisotopic (exact) mass is 401 g/mol. The fourth-order valence-electron chi connectivity index (χ4n) is 2.64. The normalized spacial score (nSPS) is 13.7. The van der Waals surface area contributed by atoms with Gasteiger partial charge in [0, 0.05) is 11.0 Å². The molecular formula is C17H12BrN3O2S. The van der Waals surface area contributed by atoms with Gasteiger partial charge in [0.25, 0.3) is 5.91 Å². The Bertz CT molecular complexity index is 911. The molecule has 1 N–H and O–H groups in total. The van der Waals surface area contributed by atoms with Crippen LogP contribution in [0.4, 0.5) is 5.00 Å². The van der Waals surface area contributed by atoms with Crippen molar-refractivity contribution in [3.63, 3.8) is 0 Å². The minimum absolute atomic E-state index is 0.0767. The number of hydrogen-bond acceptors (Lipinski definition) is 5. The topological polar surface area (TPSA) is 89.8 Å². The smallest absolute Gasteiger partial charge is 0.267 e. The van der Waals surface area contributed by atoms with Crippen molar-refractivity contribution in [1.82, 2.24) is 0 Å². The number of carbonyl (C=O) groups is 1. The lowest BCUT2D eigenvalue weighted by atomic mass is 9.96. The molecule has 1 amide bonds. The number of thiophene rings is 1. The molecule has 0 aromatic carbocycles. The Morgan fingerprint density at radius 2 is 2.12 bits per heavy atom. The molecule has 0 radical (unpaired) electrons. The Morgan fingerprint density at radius 1 is 1.33 bits per heavy atom. The number of amides is 1. The molecule has 1 aliphatic carbocycles. The maximum absolute atomic E-state index is 12.4. The predicted molar refractivity (Wildman–Crippen MR) is 94.3 cm³/mol. The van der Waals surface area contributed by atoms with Gasteiger partial charge in [0.1, 0.15) is 28.5 Å². The fraction of sp³-hybridized carbons (Fsp3) is 0.235. The molecule has 0 saturated carbocycles. The van der Waals surface area contributed by atoms with Gasteiger partial charge in [-0.3, -0.25) is 4.79 Å². The molecule has 0 fully saturated rings. The van der Waals surface area contributed by atoms with E-state index in [9.17, 15) is 15.3 Å². The van der Waals surface area contributed by atoms with Gasteiger partial charge in [-0.2, -0.15) is 10.5 Å². The lowest BCUT2D eigenvalue weighted by Crippen LogP contribution is -2.13. The number of rotatable bonds is 3. The molecule has 5 nitrogen and oxygen atoms in total. The second-order valence-corrected chi connectivity index (χ2v) is 7.18. The first-order chi connectivity index (χ1) is 11.6. The van der Waals surface area contributed by atoms with Crippen molar-refractivity contribution in [2.24, 2.45) is 0 Å². The molecule has 3 rings (SSSR count). The first-order valence-corrected chi connectivity index (χ1v) is 8.96. The molecule has 7 heteroatoms. The quantitative estimate of drug-likeness (QED) is 0.609. The standard InChI is InChI=1S/C17H12BrN3O2S/c18-15-6-5-11(23-15)7-10(8-19)16(22)21-17-13(9-20)12-3-1-2-4-14(12)24-17/h5-7H,1-4H2,(H,21,22)/b10-7+. The molecule has 24 heavy (non-hydrogen) atoms. The summed E-state index contributed by atoms with van der Waals surface area (Å²) in [5.74, 6) is -0.139. The Balaban J connectivity index is 1.87. The summed E-state index contributed by atoms with van der Waals surface area (Å²) >= 11 is 4.60. The number of halogens is 1. The average Bonchev–Trinajstić information content (AvgIpc) is 3.14. The summed E-state index contributed by atoms with van der Waals surface area (Å²) in [6.45, 7) is 0. The number of nitrogens with one attached hydrogen (secondary N) is 1. The third-order valence-electron chi connectivity index (χ3n) is 3.76. The van der Waals surface area contributed by atoms with Gasteiger partial charge in [-0.1, -0.05) is 0 Å². The van der Waals surface area contributed by atoms with Gasteiger partial charge in [0.2, 0.25) is 0 Å². The van der Waals surface area contributed by atoms with Crippen LogP contribution in [-0.4, -0.2) is 5.91 Å². The van der Waals surface area contributed by atoms with Crippen LogP contribution in [0.15, 0.2) is 26.8 Å². The van der Waals surface area contributed by atoms with E-state index in [0.717, 1.165) is 36.1 Å². The highest BCUT2D eigenvalue weighted by Crippen LogP contribution is 2.37. The van der Waals surface area contributed by atoms with Gasteiger partial charge in [-0.15, -0.1) is 11.3 Å². The van der Waals surface area contributed by atoms with Crippen LogP contribution in [0.25, 0.3) is 6.08 Å². The van der Waals surface area contributed by atoms with Gasteiger partial charge >= 0.3 is 0 Å². The van der Waals surface area contributed by atoms with Crippen LogP contribution in [0.3, 0.4) is 0 Å². The van der Waals surface area contributed by atoms with Crippen molar-refractivity contribution < 1.29 is 9.21 Å². The number of nitrogens with zero attached hydrogens (tertiary/aromatic N) is 2. The van der Waals surface area contributed by atoms with E-state index in [2.05, 4.69) is 27.3 Å². The van der Waals surface area contributed by atoms with Gasteiger partial charge in [-0.25, -0.2) is 0 Å². The highest BCUT2D eigenvalue weighted by atomic mass is 79.9. The van der Waals surface area contributed by atoms with Crippen LogP contribution in [0.2, 0.25) is 0 Å². The summed E-state index contributed by atoms with van der Waals surface area (Å²) in [5.41, 5.74) is 1.50. The molecule has 0 atom stereocenters. The molecule has 0 saturated heterocycles. The number of furan rings is 1. The Labute approximate surface area is 151 Å². The summed E-state index contributed by atoms with van der Waals surface area (Å²) in [5, 5.41) is 21.9. The van der Waals surface area contributed by atoms with Crippen molar-refractivity contribution in [1.29, 1.82) is 10.5 Å². The first-order valence-electron chi connectivity index (χ1n) is 7.35. The molecular weight excluding hydrogens is 390 g/mol. The van der Waals surface area contributed by atoms with Crippen molar-refractivity contribution >= 4 is 44.3 Å². The Morgan fingerprint density at radius 3 is 2.79 bits per heavy atom. The number of carbonyl (C=O) groups excluding carboxylic acids is 1. The summed E-state index contributed by atoms with van der Waals surface area (Å²) in [4.78, 5) is 13.5. The molecule has 1 aliphatic rings. The van der Waals surface area contributed by atoms with Gasteiger partial charge in [-0.05, 0) is 59.3 Å². The van der Waals surface area contributed by atoms with Gasteiger partial charge in [0.05, 0.1) is 5.56 Å². The maximum Gasteiger partial charge on any atom is 0.267 e. The molecule has 0 bridgehead atoms. The van der Waals surface area contributed by atoms with Crippen LogP contribution >= 0.6 is 27.3 Å². The largest absolute Gasteiger partial charge is 0.450 e. The van der Waals surface area contributed by atoms with Crippen LogP contribution < -0.4 is 5.32 Å². The summed E-state index contributed by atoms with van der Waals surface area (Å²) in [6.07, 6.45) is 5.34. The van der Waals surface area contributed by atoms with E-state index in [1.54, 1.807) is 12.1 Å². The first kappa shape index (κ1) is 16.5. The summed E-state index contributed by atoms with van der Waals surface area (Å²) < 4.78 is 5.80. The van der Waals surface area contributed by atoms with Crippen LogP contribution in [0.5, 0.6) is 0 Å². The minimum Gasteiger partial charge on any atom is -0.450 e. The summed E-state index contributed by atoms with van der Waals surface area (Å²) in [7, 11) is 0. The van der Waals surface area contributed by atoms with E-state index in [4.69, 9.17) is 4.42 Å². The van der Waals surface area contributed by atoms with Crippen LogP contribution in [0.1, 0.15) is 34.6 Å². The zero-order valence-corrected chi connectivity index (χ0v) is 15.0. The van der Waals surface area contributed by atoms with E-state index in [1.807, 2.05) is 6.07 Å². The molecule has 2 aromatic heterocycles. The number of anilines is 1. The lowest BCUT2D eigenvalue weighted by molar-refractivity contribution is -0.112. The number of fused-ring (bicyclic) bond motifs is 1. The Kier molecular flexibility index (Phi) is 4.84. The molecule has 120 valence electrons. The molecule has 0 spiro atoms. The number of aryl methyl sites for hydroxylation is 1. The van der Waals surface area contributed by atoms with E-state index in [0.29, 0.717) is 21.0 Å². The Hall–Kier alpha value is -2.35. The van der Waals surface area contributed by atoms with Crippen molar-refractivity contribution in [2.45, 2.75) is 25.7 Å². The number of hydrogen-bond donors (Lipinski definition) is 1. The molecule has 2 aromatic rings. The fourth-order valence-corrected chi connectivity index (χ4v) is 4.19. The second kappa shape index (κ2) is 7.04. The highest BCUT2D eigenvalue weighted by Gasteiger charge is 2.22. The van der Waals surface area contributed by atoms with E-state index in [1.165, 1.54) is 17.4 Å². The highest BCUT2D eigenvalue weighted by molar-refractivity contribution is 9.10. The minimum atomic E-state index is -0.542. The third kappa shape index (κ3) is 3.28. The van der Waals surface area contributed by atoms with E-state index < -0.39 is 5.91 Å².